The number of hydrogen-bond donors (Lipinski definition) is 1. The number of hydrogen-bond acceptors (Lipinski definition) is 3. The van der Waals surface area contributed by atoms with Crippen LogP contribution in [0.15, 0.2) is 0 Å². The minimum atomic E-state index is 0.650. The van der Waals surface area contributed by atoms with E-state index in [0.717, 1.165) is 19.3 Å². The molecule has 2 rings (SSSR count). The zero-order chi connectivity index (χ0) is 12.8. The predicted molar refractivity (Wildman–Crippen MR) is 75.9 cm³/mol. The van der Waals surface area contributed by atoms with Gasteiger partial charge in [0.2, 0.25) is 0 Å². The summed E-state index contributed by atoms with van der Waals surface area (Å²) >= 11 is 0. The van der Waals surface area contributed by atoms with Crippen LogP contribution >= 0.6 is 0 Å². The van der Waals surface area contributed by atoms with Crippen molar-refractivity contribution >= 4 is 0 Å². The molecule has 0 aromatic heterocycles. The van der Waals surface area contributed by atoms with Gasteiger partial charge in [-0.3, -0.25) is 4.90 Å². The molecule has 0 aromatic rings. The Morgan fingerprint density at radius 2 is 2.00 bits per heavy atom. The molecule has 0 bridgehead atoms. The van der Waals surface area contributed by atoms with Gasteiger partial charge in [-0.2, -0.15) is 0 Å². The highest BCUT2D eigenvalue weighted by atomic mass is 16.5. The third-order valence-electron chi connectivity index (χ3n) is 4.40. The lowest BCUT2D eigenvalue weighted by molar-refractivity contribution is 0.102. The number of rotatable bonds is 4. The number of nitrogens with zero attached hydrogens (tertiary/aromatic N) is 1. The Bertz CT molecular complexity index is 219. The van der Waals surface area contributed by atoms with E-state index in [1.165, 1.54) is 51.6 Å². The van der Waals surface area contributed by atoms with E-state index < -0.39 is 0 Å². The molecule has 3 nitrogen and oxygen atoms in total. The third kappa shape index (κ3) is 4.22. The van der Waals surface area contributed by atoms with Gasteiger partial charge in [-0.25, -0.2) is 0 Å². The zero-order valence-corrected chi connectivity index (χ0v) is 12.2. The van der Waals surface area contributed by atoms with Crippen molar-refractivity contribution in [2.75, 3.05) is 26.3 Å². The highest BCUT2D eigenvalue weighted by Crippen LogP contribution is 2.20. The average molecular weight is 254 g/mol. The van der Waals surface area contributed by atoms with Gasteiger partial charge < -0.3 is 10.1 Å². The number of ether oxygens (including phenoxy) is 1. The predicted octanol–water partition coefficient (Wildman–Crippen LogP) is 2.41. The van der Waals surface area contributed by atoms with Crippen molar-refractivity contribution in [1.29, 1.82) is 0 Å². The normalized spacial score (nSPS) is 30.7. The van der Waals surface area contributed by atoms with Crippen molar-refractivity contribution in [3.05, 3.63) is 0 Å². The summed E-state index contributed by atoms with van der Waals surface area (Å²) in [7, 11) is 0. The van der Waals surface area contributed by atoms with Crippen molar-refractivity contribution in [2.24, 2.45) is 0 Å². The minimum Gasteiger partial charge on any atom is -0.381 e. The van der Waals surface area contributed by atoms with Gasteiger partial charge in [-0.1, -0.05) is 6.42 Å². The first-order valence-electron chi connectivity index (χ1n) is 7.84. The van der Waals surface area contributed by atoms with E-state index in [1.807, 2.05) is 0 Å². The van der Waals surface area contributed by atoms with Gasteiger partial charge in [0.15, 0.2) is 0 Å². The van der Waals surface area contributed by atoms with Gasteiger partial charge in [-0.05, 0) is 52.5 Å². The second-order valence-electron chi connectivity index (χ2n) is 6.13. The first-order valence-corrected chi connectivity index (χ1v) is 7.84. The Hall–Kier alpha value is -0.120. The summed E-state index contributed by atoms with van der Waals surface area (Å²) in [5.74, 6) is 0. The summed E-state index contributed by atoms with van der Waals surface area (Å²) in [6.45, 7) is 9.03. The highest BCUT2D eigenvalue weighted by Gasteiger charge is 2.25. The van der Waals surface area contributed by atoms with Gasteiger partial charge in [0.05, 0.1) is 0 Å². The van der Waals surface area contributed by atoms with Crippen LogP contribution in [-0.2, 0) is 4.74 Å². The van der Waals surface area contributed by atoms with E-state index in [9.17, 15) is 0 Å². The van der Waals surface area contributed by atoms with Gasteiger partial charge in [0.1, 0.15) is 0 Å². The van der Waals surface area contributed by atoms with E-state index in [1.54, 1.807) is 0 Å². The summed E-state index contributed by atoms with van der Waals surface area (Å²) in [6.07, 6.45) is 7.86. The second-order valence-corrected chi connectivity index (χ2v) is 6.13. The van der Waals surface area contributed by atoms with E-state index in [0.29, 0.717) is 12.1 Å². The van der Waals surface area contributed by atoms with E-state index in [2.05, 4.69) is 24.1 Å². The summed E-state index contributed by atoms with van der Waals surface area (Å²) in [5.41, 5.74) is 0. The fraction of sp³-hybridized carbons (Fsp3) is 1.00. The van der Waals surface area contributed by atoms with Crippen molar-refractivity contribution < 1.29 is 4.74 Å². The van der Waals surface area contributed by atoms with Crippen LogP contribution in [0.5, 0.6) is 0 Å². The number of piperidine rings is 1. The lowest BCUT2D eigenvalue weighted by Crippen LogP contribution is -2.50. The smallest absolute Gasteiger partial charge is 0.0480 e. The van der Waals surface area contributed by atoms with Crippen LogP contribution in [-0.4, -0.2) is 49.3 Å². The Kier molecular flexibility index (Phi) is 5.93. The summed E-state index contributed by atoms with van der Waals surface area (Å²) in [4.78, 5) is 2.72. The quantitative estimate of drug-likeness (QED) is 0.834. The minimum absolute atomic E-state index is 0.650. The molecule has 2 heterocycles. The van der Waals surface area contributed by atoms with Gasteiger partial charge >= 0.3 is 0 Å². The third-order valence-corrected chi connectivity index (χ3v) is 4.40. The molecule has 2 aliphatic rings. The van der Waals surface area contributed by atoms with Gasteiger partial charge in [0.25, 0.3) is 0 Å². The molecule has 0 aromatic carbocycles. The van der Waals surface area contributed by atoms with E-state index >= 15 is 0 Å². The molecular formula is C15H30N2O. The molecule has 3 heteroatoms. The van der Waals surface area contributed by atoms with Crippen LogP contribution in [0.25, 0.3) is 0 Å². The molecular weight excluding hydrogens is 224 g/mol. The second kappa shape index (κ2) is 7.46. The molecule has 0 saturated carbocycles. The van der Waals surface area contributed by atoms with Crippen LogP contribution < -0.4 is 5.32 Å². The Balaban J connectivity index is 1.89. The standard InChI is InChI=1S/C15H30N2O/c1-13(2)17(12-14-6-3-4-9-16-14)15-7-5-10-18-11-8-15/h13-16H,3-12H2,1-2H3. The van der Waals surface area contributed by atoms with Crippen molar-refractivity contribution in [1.82, 2.24) is 10.2 Å². The lowest BCUT2D eigenvalue weighted by atomic mass is 10.0. The van der Waals surface area contributed by atoms with Gasteiger partial charge in [0, 0.05) is 37.9 Å². The summed E-state index contributed by atoms with van der Waals surface area (Å²) < 4.78 is 5.60. The molecule has 1 N–H and O–H groups in total. The first-order chi connectivity index (χ1) is 8.77. The molecule has 18 heavy (non-hydrogen) atoms. The maximum Gasteiger partial charge on any atom is 0.0480 e. The van der Waals surface area contributed by atoms with E-state index in [4.69, 9.17) is 4.74 Å². The molecule has 0 amide bonds. The molecule has 2 atom stereocenters. The maximum absolute atomic E-state index is 5.60. The summed E-state index contributed by atoms with van der Waals surface area (Å²) in [5, 5.41) is 3.69. The molecule has 0 spiro atoms. The van der Waals surface area contributed by atoms with Crippen LogP contribution in [0.4, 0.5) is 0 Å². The molecule has 2 aliphatic heterocycles. The van der Waals surface area contributed by atoms with Crippen LogP contribution in [0.1, 0.15) is 52.4 Å². The summed E-state index contributed by atoms with van der Waals surface area (Å²) in [6, 6.07) is 2.10. The van der Waals surface area contributed by atoms with Crippen molar-refractivity contribution in [2.45, 2.75) is 70.5 Å². The SMILES string of the molecule is CC(C)N(CC1CCCCN1)C1CCCOCC1. The Morgan fingerprint density at radius 3 is 2.72 bits per heavy atom. The van der Waals surface area contributed by atoms with E-state index in [-0.39, 0.29) is 0 Å². The molecule has 2 unspecified atom stereocenters. The fourth-order valence-electron chi connectivity index (χ4n) is 3.33. The van der Waals surface area contributed by atoms with Crippen molar-refractivity contribution in [3.63, 3.8) is 0 Å². The first kappa shape index (κ1) is 14.3. The van der Waals surface area contributed by atoms with Crippen LogP contribution in [0.2, 0.25) is 0 Å². The average Bonchev–Trinajstić information content (AvgIpc) is 2.65. The Morgan fingerprint density at radius 1 is 1.11 bits per heavy atom. The van der Waals surface area contributed by atoms with Crippen LogP contribution in [0, 0.1) is 0 Å². The molecule has 2 saturated heterocycles. The number of nitrogens with one attached hydrogen (secondary N) is 1. The molecule has 0 radical (unpaired) electrons. The highest BCUT2D eigenvalue weighted by molar-refractivity contribution is 4.83. The maximum atomic E-state index is 5.60. The van der Waals surface area contributed by atoms with Crippen molar-refractivity contribution in [3.8, 4) is 0 Å². The Labute approximate surface area is 112 Å². The lowest BCUT2D eigenvalue weighted by Gasteiger charge is -2.38. The van der Waals surface area contributed by atoms with Gasteiger partial charge in [-0.15, -0.1) is 0 Å². The fourth-order valence-corrected chi connectivity index (χ4v) is 3.33. The molecule has 0 aliphatic carbocycles. The monoisotopic (exact) mass is 254 g/mol. The molecule has 106 valence electrons. The largest absolute Gasteiger partial charge is 0.381 e. The van der Waals surface area contributed by atoms with Crippen LogP contribution in [0.3, 0.4) is 0 Å². The topological polar surface area (TPSA) is 24.5 Å². The zero-order valence-electron chi connectivity index (χ0n) is 12.2. The molecule has 2 fully saturated rings.